The Bertz CT molecular complexity index is 1110. The van der Waals surface area contributed by atoms with Crippen LogP contribution in [-0.4, -0.2) is 56.3 Å². The molecule has 4 rings (SSSR count). The number of piperidine rings is 2. The van der Waals surface area contributed by atoms with Gasteiger partial charge in [-0.3, -0.25) is 4.79 Å². The maximum absolute atomic E-state index is 14.4. The smallest absolute Gasteiger partial charge is 0.246 e. The van der Waals surface area contributed by atoms with Gasteiger partial charge in [0.15, 0.2) is 0 Å². The molecule has 2 heterocycles. The highest BCUT2D eigenvalue weighted by atomic mass is 32.2. The number of hydrogen-bond acceptors (Lipinski definition) is 4. The number of para-hydroxylation sites is 1. The molecule has 0 radical (unpaired) electrons. The summed E-state index contributed by atoms with van der Waals surface area (Å²) in [6.45, 7) is 1.80. The van der Waals surface area contributed by atoms with Crippen molar-refractivity contribution in [3.63, 3.8) is 0 Å². The third kappa shape index (κ3) is 5.58. The zero-order chi connectivity index (χ0) is 24.2. The van der Waals surface area contributed by atoms with Crippen LogP contribution in [0.1, 0.15) is 38.5 Å². The van der Waals surface area contributed by atoms with Gasteiger partial charge in [-0.25, -0.2) is 17.2 Å². The molecule has 6 nitrogen and oxygen atoms in total. The van der Waals surface area contributed by atoms with Crippen molar-refractivity contribution in [3.8, 4) is 5.75 Å². The van der Waals surface area contributed by atoms with Crippen molar-refractivity contribution in [1.29, 1.82) is 0 Å². The van der Waals surface area contributed by atoms with E-state index in [1.54, 1.807) is 0 Å². The van der Waals surface area contributed by atoms with Gasteiger partial charge in [-0.15, -0.1) is 0 Å². The van der Waals surface area contributed by atoms with Crippen molar-refractivity contribution < 1.29 is 26.7 Å². The van der Waals surface area contributed by atoms with Crippen LogP contribution >= 0.6 is 0 Å². The van der Waals surface area contributed by atoms with Gasteiger partial charge in [0.05, 0.1) is 6.61 Å². The van der Waals surface area contributed by atoms with Gasteiger partial charge in [-0.1, -0.05) is 18.2 Å². The van der Waals surface area contributed by atoms with E-state index in [0.717, 1.165) is 31.4 Å². The maximum atomic E-state index is 14.4. The van der Waals surface area contributed by atoms with Crippen LogP contribution in [0.15, 0.2) is 53.4 Å². The Morgan fingerprint density at radius 2 is 1.71 bits per heavy atom. The Morgan fingerprint density at radius 1 is 0.971 bits per heavy atom. The number of sulfonamides is 1. The quantitative estimate of drug-likeness (QED) is 0.581. The second-order valence-electron chi connectivity index (χ2n) is 9.24. The third-order valence-corrected chi connectivity index (χ3v) is 8.54. The lowest BCUT2D eigenvalue weighted by Crippen LogP contribution is -2.51. The van der Waals surface area contributed by atoms with E-state index in [1.165, 1.54) is 4.31 Å². The van der Waals surface area contributed by atoms with Crippen molar-refractivity contribution in [3.05, 3.63) is 60.2 Å². The zero-order valence-electron chi connectivity index (χ0n) is 19.1. The molecule has 2 aromatic carbocycles. The number of ether oxygens (including phenoxy) is 1. The van der Waals surface area contributed by atoms with Gasteiger partial charge < -0.3 is 9.64 Å². The van der Waals surface area contributed by atoms with Crippen LogP contribution in [0.4, 0.5) is 8.78 Å². The van der Waals surface area contributed by atoms with Gasteiger partial charge in [0.1, 0.15) is 22.3 Å². The number of benzene rings is 2. The highest BCUT2D eigenvalue weighted by Gasteiger charge is 2.43. The molecular formula is C25H30F2N2O4S. The van der Waals surface area contributed by atoms with E-state index >= 15 is 0 Å². The predicted molar refractivity (Wildman–Crippen MR) is 124 cm³/mol. The van der Waals surface area contributed by atoms with E-state index in [-0.39, 0.29) is 32.0 Å². The minimum atomic E-state index is -4.21. The standard InChI is InChI=1S/C25H30F2N2O4S/c26-20-10-11-23(22(27)16-20)34(31,32)29-15-7-12-25(18-29,19-33-21-8-3-1-4-9-21)17-24(30)28-13-5-2-6-14-28/h1,3-4,8-11,16H,2,5-7,12-15,17-19H2. The van der Waals surface area contributed by atoms with Crippen molar-refractivity contribution in [2.24, 2.45) is 5.41 Å². The average Bonchev–Trinajstić information content (AvgIpc) is 2.84. The van der Waals surface area contributed by atoms with Crippen LogP contribution < -0.4 is 4.74 Å². The number of carbonyl (C=O) groups excluding carboxylic acids is 1. The Balaban J connectivity index is 1.59. The highest BCUT2D eigenvalue weighted by molar-refractivity contribution is 7.89. The SMILES string of the molecule is O=C(CC1(COc2ccccc2)CCCN(S(=O)(=O)c2ccc(F)cc2F)C1)N1CCCCC1. The van der Waals surface area contributed by atoms with Crippen molar-refractivity contribution in [1.82, 2.24) is 9.21 Å². The van der Waals surface area contributed by atoms with Crippen LogP contribution in [0, 0.1) is 17.0 Å². The first-order chi connectivity index (χ1) is 16.3. The van der Waals surface area contributed by atoms with E-state index in [4.69, 9.17) is 4.74 Å². The molecule has 0 N–H and O–H groups in total. The molecule has 2 aliphatic rings. The van der Waals surface area contributed by atoms with Gasteiger partial charge >= 0.3 is 0 Å². The lowest BCUT2D eigenvalue weighted by molar-refractivity contribution is -0.136. The molecule has 0 aliphatic carbocycles. The summed E-state index contributed by atoms with van der Waals surface area (Å²) in [4.78, 5) is 14.5. The van der Waals surface area contributed by atoms with E-state index in [0.29, 0.717) is 37.7 Å². The third-order valence-electron chi connectivity index (χ3n) is 6.66. The summed E-state index contributed by atoms with van der Waals surface area (Å²) in [5.74, 6) is -1.34. The first kappa shape index (κ1) is 24.6. The Morgan fingerprint density at radius 3 is 2.41 bits per heavy atom. The first-order valence-electron chi connectivity index (χ1n) is 11.7. The van der Waals surface area contributed by atoms with E-state index in [9.17, 15) is 22.0 Å². The fourth-order valence-electron chi connectivity index (χ4n) is 4.83. The fourth-order valence-corrected chi connectivity index (χ4v) is 6.47. The van der Waals surface area contributed by atoms with Crippen LogP contribution in [0.2, 0.25) is 0 Å². The van der Waals surface area contributed by atoms with Gasteiger partial charge in [-0.05, 0) is 56.4 Å². The second kappa shape index (κ2) is 10.4. The molecule has 1 atom stereocenters. The Labute approximate surface area is 199 Å². The molecule has 2 aliphatic heterocycles. The van der Waals surface area contributed by atoms with Gasteiger partial charge in [-0.2, -0.15) is 4.31 Å². The number of nitrogens with zero attached hydrogens (tertiary/aromatic N) is 2. The largest absolute Gasteiger partial charge is 0.493 e. The number of likely N-dealkylation sites (tertiary alicyclic amines) is 1. The molecule has 1 amide bonds. The molecule has 184 valence electrons. The van der Waals surface area contributed by atoms with Gasteiger partial charge in [0, 0.05) is 44.1 Å². The lowest BCUT2D eigenvalue weighted by atomic mass is 9.78. The van der Waals surface area contributed by atoms with E-state index < -0.39 is 32.0 Å². The number of amides is 1. The van der Waals surface area contributed by atoms with Crippen LogP contribution in [0.25, 0.3) is 0 Å². The van der Waals surface area contributed by atoms with E-state index in [1.807, 2.05) is 35.2 Å². The molecular weight excluding hydrogens is 462 g/mol. The number of rotatable bonds is 7. The van der Waals surface area contributed by atoms with Crippen LogP contribution in [0.3, 0.4) is 0 Å². The first-order valence-corrected chi connectivity index (χ1v) is 13.1. The summed E-state index contributed by atoms with van der Waals surface area (Å²) in [6.07, 6.45) is 4.29. The van der Waals surface area contributed by atoms with Crippen molar-refractivity contribution in [2.45, 2.75) is 43.4 Å². The minimum absolute atomic E-state index is 0.0106. The summed E-state index contributed by atoms with van der Waals surface area (Å²) < 4.78 is 61.6. The second-order valence-corrected chi connectivity index (χ2v) is 11.1. The molecule has 0 saturated carbocycles. The summed E-state index contributed by atoms with van der Waals surface area (Å²) in [6, 6.07) is 11.6. The molecule has 34 heavy (non-hydrogen) atoms. The number of halogens is 2. The van der Waals surface area contributed by atoms with Crippen LogP contribution in [-0.2, 0) is 14.8 Å². The molecule has 9 heteroatoms. The average molecular weight is 493 g/mol. The van der Waals surface area contributed by atoms with Crippen molar-refractivity contribution in [2.75, 3.05) is 32.8 Å². The minimum Gasteiger partial charge on any atom is -0.493 e. The van der Waals surface area contributed by atoms with Crippen LogP contribution in [0.5, 0.6) is 5.75 Å². The van der Waals surface area contributed by atoms with Gasteiger partial charge in [0.2, 0.25) is 15.9 Å². The Hall–Kier alpha value is -2.52. The summed E-state index contributed by atoms with van der Waals surface area (Å²) in [5, 5.41) is 0. The Kier molecular flexibility index (Phi) is 7.52. The number of carbonyl (C=O) groups is 1. The topological polar surface area (TPSA) is 66.9 Å². The summed E-state index contributed by atoms with van der Waals surface area (Å²) in [5.41, 5.74) is -0.758. The molecule has 1 unspecified atom stereocenters. The van der Waals surface area contributed by atoms with Crippen molar-refractivity contribution >= 4 is 15.9 Å². The monoisotopic (exact) mass is 492 g/mol. The lowest BCUT2D eigenvalue weighted by Gasteiger charge is -2.42. The molecule has 2 saturated heterocycles. The summed E-state index contributed by atoms with van der Waals surface area (Å²) in [7, 11) is -4.21. The maximum Gasteiger partial charge on any atom is 0.246 e. The zero-order valence-corrected chi connectivity index (χ0v) is 19.9. The highest BCUT2D eigenvalue weighted by Crippen LogP contribution is 2.38. The summed E-state index contributed by atoms with van der Waals surface area (Å²) >= 11 is 0. The molecule has 2 aromatic rings. The molecule has 0 bridgehead atoms. The van der Waals surface area contributed by atoms with Gasteiger partial charge in [0.25, 0.3) is 0 Å². The molecule has 2 fully saturated rings. The normalized spacial score (nSPS) is 21.9. The van der Waals surface area contributed by atoms with E-state index in [2.05, 4.69) is 0 Å². The predicted octanol–water partition coefficient (Wildman–Crippen LogP) is 4.22. The molecule has 0 spiro atoms. The number of hydrogen-bond donors (Lipinski definition) is 0. The fraction of sp³-hybridized carbons (Fsp3) is 0.480. The molecule has 0 aromatic heterocycles.